The first kappa shape index (κ1) is 16.6. The molecule has 0 bridgehead atoms. The lowest BCUT2D eigenvalue weighted by atomic mass is 10.1. The zero-order valence-electron chi connectivity index (χ0n) is 11.7. The van der Waals surface area contributed by atoms with Crippen molar-refractivity contribution < 1.29 is 27.8 Å². The minimum atomic E-state index is -4.39. The highest BCUT2D eigenvalue weighted by Crippen LogP contribution is 2.19. The van der Waals surface area contributed by atoms with E-state index in [4.69, 9.17) is 0 Å². The maximum atomic E-state index is 12.1. The van der Waals surface area contributed by atoms with Crippen LogP contribution in [0.4, 0.5) is 13.2 Å². The van der Waals surface area contributed by atoms with E-state index in [1.54, 1.807) is 12.1 Å². The molecule has 0 radical (unpaired) electrons. The van der Waals surface area contributed by atoms with Crippen molar-refractivity contribution in [2.45, 2.75) is 31.3 Å². The van der Waals surface area contributed by atoms with Gasteiger partial charge in [0, 0.05) is 13.1 Å². The fourth-order valence-corrected chi connectivity index (χ4v) is 2.14. The average Bonchev–Trinajstić information content (AvgIpc) is 2.89. The summed E-state index contributed by atoms with van der Waals surface area (Å²) < 4.78 is 40.9. The van der Waals surface area contributed by atoms with Gasteiger partial charge in [-0.25, -0.2) is 0 Å². The van der Waals surface area contributed by atoms with Crippen LogP contribution in [0.25, 0.3) is 0 Å². The lowest BCUT2D eigenvalue weighted by Crippen LogP contribution is -2.40. The van der Waals surface area contributed by atoms with Crippen molar-refractivity contribution in [3.63, 3.8) is 0 Å². The maximum Gasteiger partial charge on any atom is 0.422 e. The second-order valence-electron chi connectivity index (χ2n) is 5.12. The van der Waals surface area contributed by atoms with E-state index in [0.717, 1.165) is 0 Å². The van der Waals surface area contributed by atoms with Crippen LogP contribution in [0.3, 0.4) is 0 Å². The largest absolute Gasteiger partial charge is 0.484 e. The number of hydrogen-bond acceptors (Lipinski definition) is 4. The number of nitrogens with one attached hydrogen (secondary N) is 2. The number of benzene rings is 1. The second kappa shape index (κ2) is 6.97. The molecule has 1 saturated heterocycles. The molecule has 0 spiro atoms. The summed E-state index contributed by atoms with van der Waals surface area (Å²) in [7, 11) is 0. The fraction of sp³-hybridized carbons (Fsp3) is 0.500. The Bertz CT molecular complexity index is 522. The molecule has 2 atom stereocenters. The highest BCUT2D eigenvalue weighted by molar-refractivity contribution is 5.82. The van der Waals surface area contributed by atoms with Gasteiger partial charge in [0.15, 0.2) is 6.61 Å². The summed E-state index contributed by atoms with van der Waals surface area (Å²) in [5.74, 6) is -0.156. The average molecular weight is 318 g/mol. The normalized spacial score (nSPS) is 21.6. The van der Waals surface area contributed by atoms with Crippen molar-refractivity contribution in [3.8, 4) is 5.75 Å². The van der Waals surface area contributed by atoms with Gasteiger partial charge < -0.3 is 20.5 Å². The number of halogens is 3. The van der Waals surface area contributed by atoms with Gasteiger partial charge in [-0.05, 0) is 24.1 Å². The Balaban J connectivity index is 1.84. The first-order valence-electron chi connectivity index (χ1n) is 6.81. The van der Waals surface area contributed by atoms with Crippen LogP contribution < -0.4 is 15.4 Å². The van der Waals surface area contributed by atoms with Gasteiger partial charge in [-0.15, -0.1) is 0 Å². The Morgan fingerprint density at radius 2 is 2.23 bits per heavy atom. The Labute approximate surface area is 125 Å². The molecule has 0 aliphatic carbocycles. The van der Waals surface area contributed by atoms with E-state index in [0.29, 0.717) is 18.5 Å². The van der Waals surface area contributed by atoms with Crippen molar-refractivity contribution in [1.82, 2.24) is 10.6 Å². The Morgan fingerprint density at radius 3 is 2.86 bits per heavy atom. The number of amides is 1. The smallest absolute Gasteiger partial charge is 0.422 e. The van der Waals surface area contributed by atoms with E-state index in [1.807, 2.05) is 0 Å². The van der Waals surface area contributed by atoms with Crippen LogP contribution in [0.5, 0.6) is 5.75 Å². The van der Waals surface area contributed by atoms with E-state index in [1.165, 1.54) is 12.1 Å². The molecule has 1 aromatic carbocycles. The van der Waals surface area contributed by atoms with Crippen molar-refractivity contribution in [2.75, 3.05) is 13.2 Å². The molecule has 22 heavy (non-hydrogen) atoms. The van der Waals surface area contributed by atoms with Crippen molar-refractivity contribution in [3.05, 3.63) is 29.8 Å². The monoisotopic (exact) mass is 318 g/mol. The maximum absolute atomic E-state index is 12.1. The Kier molecular flexibility index (Phi) is 5.25. The summed E-state index contributed by atoms with van der Waals surface area (Å²) in [5.41, 5.74) is 0.631. The molecule has 8 heteroatoms. The molecule has 1 amide bonds. The SMILES string of the molecule is O=C(NCc1cccc(OCC(F)(F)F)c1)[C@H]1C[C@H](O)CN1. The lowest BCUT2D eigenvalue weighted by molar-refractivity contribution is -0.153. The van der Waals surface area contributed by atoms with E-state index in [2.05, 4.69) is 15.4 Å². The van der Waals surface area contributed by atoms with Gasteiger partial charge in [0.2, 0.25) is 5.91 Å². The molecule has 122 valence electrons. The molecule has 1 fully saturated rings. The molecule has 5 nitrogen and oxygen atoms in total. The minimum absolute atomic E-state index is 0.0958. The molecule has 1 aliphatic rings. The fourth-order valence-electron chi connectivity index (χ4n) is 2.14. The van der Waals surface area contributed by atoms with Crippen LogP contribution in [-0.4, -0.2) is 42.5 Å². The molecule has 3 N–H and O–H groups in total. The van der Waals surface area contributed by atoms with E-state index in [-0.39, 0.29) is 18.2 Å². The Hall–Kier alpha value is -1.80. The van der Waals surface area contributed by atoms with Crippen LogP contribution >= 0.6 is 0 Å². The predicted molar refractivity (Wildman–Crippen MR) is 72.3 cm³/mol. The molecule has 2 rings (SSSR count). The number of aliphatic hydroxyl groups is 1. The zero-order valence-corrected chi connectivity index (χ0v) is 11.7. The number of alkyl halides is 3. The molecule has 0 unspecified atom stereocenters. The van der Waals surface area contributed by atoms with Gasteiger partial charge in [-0.3, -0.25) is 4.79 Å². The molecular weight excluding hydrogens is 301 g/mol. The summed E-state index contributed by atoms with van der Waals surface area (Å²) in [6, 6.07) is 5.66. The summed E-state index contributed by atoms with van der Waals surface area (Å²) in [5, 5.41) is 14.9. The van der Waals surface area contributed by atoms with Crippen LogP contribution in [0.1, 0.15) is 12.0 Å². The van der Waals surface area contributed by atoms with E-state index < -0.39 is 24.9 Å². The third-order valence-electron chi connectivity index (χ3n) is 3.19. The minimum Gasteiger partial charge on any atom is -0.484 e. The van der Waals surface area contributed by atoms with Gasteiger partial charge in [0.25, 0.3) is 0 Å². The van der Waals surface area contributed by atoms with Crippen LogP contribution in [-0.2, 0) is 11.3 Å². The lowest BCUT2D eigenvalue weighted by Gasteiger charge is -2.12. The Morgan fingerprint density at radius 1 is 1.45 bits per heavy atom. The molecular formula is C14H17F3N2O3. The van der Waals surface area contributed by atoms with Crippen molar-refractivity contribution >= 4 is 5.91 Å². The van der Waals surface area contributed by atoms with Crippen LogP contribution in [0.15, 0.2) is 24.3 Å². The number of hydrogen-bond donors (Lipinski definition) is 3. The highest BCUT2D eigenvalue weighted by Gasteiger charge is 2.29. The topological polar surface area (TPSA) is 70.6 Å². The molecule has 0 saturated carbocycles. The van der Waals surface area contributed by atoms with Crippen LogP contribution in [0, 0.1) is 0 Å². The predicted octanol–water partition coefficient (Wildman–Crippen LogP) is 0.967. The van der Waals surface area contributed by atoms with Crippen LogP contribution in [0.2, 0.25) is 0 Å². The van der Waals surface area contributed by atoms with Gasteiger partial charge >= 0.3 is 6.18 Å². The zero-order chi connectivity index (χ0) is 16.2. The second-order valence-corrected chi connectivity index (χ2v) is 5.12. The number of β-amino-alcohol motifs (C(OH)–C–C–N with tert-alkyl or cyclic N) is 1. The number of ether oxygens (including phenoxy) is 1. The molecule has 1 aliphatic heterocycles. The summed E-state index contributed by atoms with van der Waals surface area (Å²) in [6.45, 7) is -0.804. The van der Waals surface area contributed by atoms with Gasteiger partial charge in [-0.1, -0.05) is 12.1 Å². The number of aliphatic hydroxyl groups excluding tert-OH is 1. The van der Waals surface area contributed by atoms with E-state index in [9.17, 15) is 23.1 Å². The number of carbonyl (C=O) groups excluding carboxylic acids is 1. The van der Waals surface area contributed by atoms with Crippen molar-refractivity contribution in [1.29, 1.82) is 0 Å². The molecule has 1 aromatic rings. The first-order valence-corrected chi connectivity index (χ1v) is 6.81. The van der Waals surface area contributed by atoms with E-state index >= 15 is 0 Å². The summed E-state index contributed by atoms with van der Waals surface area (Å²) in [4.78, 5) is 11.8. The van der Waals surface area contributed by atoms with Gasteiger partial charge in [-0.2, -0.15) is 13.2 Å². The number of rotatable bonds is 5. The number of carbonyl (C=O) groups is 1. The standard InChI is InChI=1S/C14H17F3N2O3/c15-14(16,17)8-22-11-3-1-2-9(4-11)6-19-13(21)12-5-10(20)7-18-12/h1-4,10,12,18,20H,5-8H2,(H,19,21)/t10-,12+/m0/s1. The third kappa shape index (κ3) is 5.19. The summed E-state index contributed by atoms with van der Waals surface area (Å²) >= 11 is 0. The van der Waals surface area contributed by atoms with Gasteiger partial charge in [0.1, 0.15) is 5.75 Å². The van der Waals surface area contributed by atoms with Crippen molar-refractivity contribution in [2.24, 2.45) is 0 Å². The van der Waals surface area contributed by atoms with Gasteiger partial charge in [0.05, 0.1) is 12.1 Å². The first-order chi connectivity index (χ1) is 10.3. The quantitative estimate of drug-likeness (QED) is 0.756. The molecule has 0 aromatic heterocycles. The highest BCUT2D eigenvalue weighted by atomic mass is 19.4. The third-order valence-corrected chi connectivity index (χ3v) is 3.19. The summed E-state index contributed by atoms with van der Waals surface area (Å²) in [6.07, 6.45) is -4.57. The molecule has 1 heterocycles.